The molecule has 0 radical (unpaired) electrons. The van der Waals surface area contributed by atoms with Gasteiger partial charge in [-0.2, -0.15) is 5.10 Å². The van der Waals surface area contributed by atoms with Gasteiger partial charge in [0, 0.05) is 17.3 Å². The number of cyclic esters (lactones) is 1. The molecule has 0 fully saturated rings. The van der Waals surface area contributed by atoms with E-state index in [1.807, 2.05) is 85.9 Å². The Hall–Kier alpha value is -4.19. The highest BCUT2D eigenvalue weighted by Gasteiger charge is 2.25. The van der Waals surface area contributed by atoms with Crippen LogP contribution in [0.3, 0.4) is 0 Å². The van der Waals surface area contributed by atoms with Crippen molar-refractivity contribution in [1.82, 2.24) is 9.78 Å². The van der Waals surface area contributed by atoms with E-state index in [-0.39, 0.29) is 11.6 Å². The van der Waals surface area contributed by atoms with Gasteiger partial charge in [-0.25, -0.2) is 14.5 Å². The van der Waals surface area contributed by atoms with E-state index >= 15 is 0 Å². The van der Waals surface area contributed by atoms with Crippen LogP contribution in [0.5, 0.6) is 0 Å². The first-order chi connectivity index (χ1) is 14.7. The number of para-hydroxylation sites is 1. The Morgan fingerprint density at radius 2 is 1.67 bits per heavy atom. The van der Waals surface area contributed by atoms with Gasteiger partial charge in [-0.15, -0.1) is 0 Å². The van der Waals surface area contributed by atoms with Crippen LogP contribution < -0.4 is 0 Å². The van der Waals surface area contributed by atoms with E-state index in [2.05, 4.69) is 10.1 Å². The van der Waals surface area contributed by atoms with Gasteiger partial charge < -0.3 is 9.15 Å². The molecule has 5 rings (SSSR count). The molecule has 0 amide bonds. The first-order valence-electron chi connectivity index (χ1n) is 9.47. The van der Waals surface area contributed by atoms with Gasteiger partial charge in [0.15, 0.2) is 11.5 Å². The average Bonchev–Trinajstić information content (AvgIpc) is 3.49. The predicted molar refractivity (Wildman–Crippen MR) is 113 cm³/mol. The fraction of sp³-hybridized carbons (Fsp3) is 0.0417. The number of furan rings is 1. The first kappa shape index (κ1) is 17.9. The number of hydrogen-bond acceptors (Lipinski definition) is 5. The van der Waals surface area contributed by atoms with Gasteiger partial charge in [0.25, 0.3) is 0 Å². The Morgan fingerprint density at radius 1 is 0.933 bits per heavy atom. The maximum absolute atomic E-state index is 12.4. The van der Waals surface area contributed by atoms with E-state index in [0.717, 1.165) is 17.0 Å². The number of rotatable bonds is 4. The molecule has 0 bridgehead atoms. The smallest absolute Gasteiger partial charge is 0.363 e. The molecule has 0 saturated carbocycles. The second-order valence-corrected chi connectivity index (χ2v) is 6.83. The number of aromatic nitrogens is 2. The molecule has 0 aliphatic carbocycles. The molecule has 3 heterocycles. The maximum Gasteiger partial charge on any atom is 0.363 e. The van der Waals surface area contributed by atoms with E-state index in [9.17, 15) is 4.79 Å². The molecular formula is C24H17N3O3. The molecule has 0 spiro atoms. The molecule has 0 atom stereocenters. The van der Waals surface area contributed by atoms with Crippen molar-refractivity contribution in [2.75, 3.05) is 0 Å². The lowest BCUT2D eigenvalue weighted by molar-refractivity contribution is -0.129. The van der Waals surface area contributed by atoms with Crippen LogP contribution in [0.4, 0.5) is 0 Å². The number of hydrogen-bond donors (Lipinski definition) is 0. The van der Waals surface area contributed by atoms with Crippen molar-refractivity contribution < 1.29 is 13.9 Å². The van der Waals surface area contributed by atoms with Crippen molar-refractivity contribution >= 4 is 17.9 Å². The minimum Gasteiger partial charge on any atom is -0.460 e. The molecule has 0 unspecified atom stereocenters. The average molecular weight is 395 g/mol. The topological polar surface area (TPSA) is 69.6 Å². The summed E-state index contributed by atoms with van der Waals surface area (Å²) < 4.78 is 12.9. The van der Waals surface area contributed by atoms with Crippen LogP contribution >= 0.6 is 0 Å². The summed E-state index contributed by atoms with van der Waals surface area (Å²) in [7, 11) is 0. The van der Waals surface area contributed by atoms with Crippen molar-refractivity contribution in [2.24, 2.45) is 4.99 Å². The van der Waals surface area contributed by atoms with Gasteiger partial charge >= 0.3 is 5.97 Å². The van der Waals surface area contributed by atoms with Crippen molar-refractivity contribution in [1.29, 1.82) is 0 Å². The summed E-state index contributed by atoms with van der Waals surface area (Å²) in [4.78, 5) is 16.8. The van der Waals surface area contributed by atoms with Crippen LogP contribution in [0.1, 0.15) is 16.9 Å². The van der Waals surface area contributed by atoms with Crippen LogP contribution in [0.2, 0.25) is 0 Å². The number of esters is 1. The van der Waals surface area contributed by atoms with E-state index in [0.29, 0.717) is 17.0 Å². The third-order valence-corrected chi connectivity index (χ3v) is 4.67. The molecule has 6 nitrogen and oxygen atoms in total. The number of nitrogens with zero attached hydrogens (tertiary/aromatic N) is 3. The number of benzene rings is 2. The van der Waals surface area contributed by atoms with E-state index in [4.69, 9.17) is 9.15 Å². The number of ether oxygens (including phenoxy) is 1. The van der Waals surface area contributed by atoms with Crippen molar-refractivity contribution in [3.63, 3.8) is 0 Å². The number of carbonyl (C=O) groups excluding carboxylic acids is 1. The van der Waals surface area contributed by atoms with Gasteiger partial charge in [0.2, 0.25) is 5.90 Å². The van der Waals surface area contributed by atoms with Crippen molar-refractivity contribution in [3.8, 4) is 17.1 Å². The zero-order chi connectivity index (χ0) is 20.5. The highest BCUT2D eigenvalue weighted by Crippen LogP contribution is 2.29. The quantitative estimate of drug-likeness (QED) is 0.368. The summed E-state index contributed by atoms with van der Waals surface area (Å²) in [5.41, 5.74) is 3.19. The van der Waals surface area contributed by atoms with Gasteiger partial charge in [0.1, 0.15) is 11.5 Å². The van der Waals surface area contributed by atoms with Gasteiger partial charge in [0.05, 0.1) is 5.69 Å². The molecule has 0 saturated heterocycles. The molecule has 2 aromatic carbocycles. The van der Waals surface area contributed by atoms with E-state index in [1.54, 1.807) is 10.8 Å². The minimum absolute atomic E-state index is 0.214. The Morgan fingerprint density at radius 3 is 2.37 bits per heavy atom. The molecule has 2 aromatic heterocycles. The number of aliphatic imine (C=N–C) groups is 1. The van der Waals surface area contributed by atoms with Crippen LogP contribution in [-0.2, 0) is 9.53 Å². The first-order valence-corrected chi connectivity index (χ1v) is 9.47. The fourth-order valence-corrected chi connectivity index (χ4v) is 3.22. The summed E-state index contributed by atoms with van der Waals surface area (Å²) in [5.74, 6) is 1.19. The molecule has 1 aliphatic heterocycles. The molecule has 1 aliphatic rings. The van der Waals surface area contributed by atoms with Crippen LogP contribution in [0.15, 0.2) is 94.1 Å². The Labute approximate surface area is 172 Å². The van der Waals surface area contributed by atoms with Crippen molar-refractivity contribution in [2.45, 2.75) is 6.92 Å². The lowest BCUT2D eigenvalue weighted by Crippen LogP contribution is -2.04. The largest absolute Gasteiger partial charge is 0.460 e. The van der Waals surface area contributed by atoms with Gasteiger partial charge in [-0.1, -0.05) is 36.4 Å². The van der Waals surface area contributed by atoms with Crippen LogP contribution in [-0.4, -0.2) is 21.6 Å². The molecule has 6 heteroatoms. The lowest BCUT2D eigenvalue weighted by atomic mass is 10.2. The summed E-state index contributed by atoms with van der Waals surface area (Å²) in [6.07, 6.45) is 3.52. The predicted octanol–water partition coefficient (Wildman–Crippen LogP) is 4.79. The summed E-state index contributed by atoms with van der Waals surface area (Å²) >= 11 is 0. The Kier molecular flexibility index (Phi) is 4.37. The molecule has 4 aromatic rings. The van der Waals surface area contributed by atoms with Gasteiger partial charge in [-0.3, -0.25) is 0 Å². The maximum atomic E-state index is 12.4. The molecule has 0 N–H and O–H groups in total. The molecular weight excluding hydrogens is 378 g/mol. The Bertz CT molecular complexity index is 1280. The van der Waals surface area contributed by atoms with Gasteiger partial charge in [-0.05, 0) is 49.4 Å². The summed E-state index contributed by atoms with van der Waals surface area (Å²) in [6, 6.07) is 22.8. The SMILES string of the molecule is Cc1ccc(-c2nn(-c3ccccc3)cc2/C=C2/N=C(c3ccccc3)OC2=O)o1. The zero-order valence-corrected chi connectivity index (χ0v) is 16.1. The third kappa shape index (κ3) is 3.35. The standard InChI is InChI=1S/C24H17N3O3/c1-16-12-13-21(29-16)22-18(15-27(26-22)19-10-6-3-7-11-19)14-20-24(28)30-23(25-20)17-8-4-2-5-9-17/h2-15H,1H3/b20-14+. The van der Waals surface area contributed by atoms with Crippen LogP contribution in [0.25, 0.3) is 23.2 Å². The second kappa shape index (κ2) is 7.33. The minimum atomic E-state index is -0.497. The zero-order valence-electron chi connectivity index (χ0n) is 16.1. The molecule has 146 valence electrons. The number of aryl methyl sites for hydroxylation is 1. The van der Waals surface area contributed by atoms with E-state index < -0.39 is 5.97 Å². The van der Waals surface area contributed by atoms with Crippen molar-refractivity contribution in [3.05, 3.63) is 102 Å². The third-order valence-electron chi connectivity index (χ3n) is 4.67. The Balaban J connectivity index is 1.60. The highest BCUT2D eigenvalue weighted by molar-refractivity contribution is 6.13. The van der Waals surface area contributed by atoms with Crippen LogP contribution in [0, 0.1) is 6.92 Å². The normalized spacial score (nSPS) is 14.8. The highest BCUT2D eigenvalue weighted by atomic mass is 16.6. The summed E-state index contributed by atoms with van der Waals surface area (Å²) in [5, 5.41) is 4.69. The number of carbonyl (C=O) groups is 1. The summed E-state index contributed by atoms with van der Waals surface area (Å²) in [6.45, 7) is 1.88. The lowest BCUT2D eigenvalue weighted by Gasteiger charge is -1.98. The van der Waals surface area contributed by atoms with E-state index in [1.165, 1.54) is 0 Å². The molecule has 30 heavy (non-hydrogen) atoms. The second-order valence-electron chi connectivity index (χ2n) is 6.83. The fourth-order valence-electron chi connectivity index (χ4n) is 3.22. The monoisotopic (exact) mass is 395 g/mol.